The molecule has 0 spiro atoms. The number of non-ortho nitro benzene ring substituents is 1. The predicted octanol–water partition coefficient (Wildman–Crippen LogP) is 2.35. The Balaban J connectivity index is 1.89. The molecule has 0 bridgehead atoms. The molecule has 2 aromatic carbocycles. The van der Waals surface area contributed by atoms with E-state index in [2.05, 4.69) is 10.6 Å². The van der Waals surface area contributed by atoms with Crippen LogP contribution in [0.1, 0.15) is 31.4 Å². The molecule has 0 aliphatic heterocycles. The molecule has 0 saturated heterocycles. The van der Waals surface area contributed by atoms with Crippen LogP contribution in [0.25, 0.3) is 0 Å². The topological polar surface area (TPSA) is 127 Å². The van der Waals surface area contributed by atoms with Crippen molar-refractivity contribution in [2.45, 2.75) is 45.2 Å². The Kier molecular flexibility index (Phi) is 9.30. The Morgan fingerprint density at radius 3 is 2.23 bits per heavy atom. The van der Waals surface area contributed by atoms with Crippen LogP contribution in [0.5, 0.6) is 0 Å². The van der Waals surface area contributed by atoms with E-state index in [0.29, 0.717) is 18.5 Å². The Bertz CT molecular complexity index is 869. The number of benzene rings is 2. The first kappa shape index (κ1) is 24.2. The molecule has 0 aromatic heterocycles. The van der Waals surface area contributed by atoms with Crippen LogP contribution in [-0.4, -0.2) is 35.4 Å². The second kappa shape index (κ2) is 11.9. The lowest BCUT2D eigenvalue weighted by atomic mass is 10.0. The molecule has 2 rings (SSSR count). The normalized spacial score (nSPS) is 12.9. The highest BCUT2D eigenvalue weighted by atomic mass is 16.6. The third-order valence-corrected chi connectivity index (χ3v) is 4.86. The molecule has 0 aliphatic rings. The maximum absolute atomic E-state index is 12.7. The highest BCUT2D eigenvalue weighted by Gasteiger charge is 2.24. The number of rotatable bonds is 11. The van der Waals surface area contributed by atoms with Gasteiger partial charge >= 0.3 is 0 Å². The first-order valence-electron chi connectivity index (χ1n) is 10.4. The van der Waals surface area contributed by atoms with Crippen LogP contribution >= 0.6 is 0 Å². The molecule has 4 N–H and O–H groups in total. The lowest BCUT2D eigenvalue weighted by molar-refractivity contribution is -0.384. The van der Waals surface area contributed by atoms with E-state index in [9.17, 15) is 19.7 Å². The molecule has 0 unspecified atom stereocenters. The van der Waals surface area contributed by atoms with Gasteiger partial charge in [0, 0.05) is 12.1 Å². The predicted molar refractivity (Wildman–Crippen MR) is 119 cm³/mol. The SMILES string of the molecule is CC(C)C[C@H](NCCc1ccccc1)C(=O)NC(=O)[C@@H](N)Cc1ccc([N+](=O)[O-])cc1. The first-order chi connectivity index (χ1) is 14.8. The Labute approximate surface area is 182 Å². The van der Waals surface area contributed by atoms with Gasteiger partial charge in [-0.3, -0.25) is 25.0 Å². The summed E-state index contributed by atoms with van der Waals surface area (Å²) in [5.41, 5.74) is 7.77. The van der Waals surface area contributed by atoms with E-state index in [1.165, 1.54) is 17.7 Å². The van der Waals surface area contributed by atoms with Crippen molar-refractivity contribution < 1.29 is 14.5 Å². The summed E-state index contributed by atoms with van der Waals surface area (Å²) in [7, 11) is 0. The number of nitro benzene ring substituents is 1. The summed E-state index contributed by atoms with van der Waals surface area (Å²) in [6.07, 6.45) is 1.54. The molecule has 31 heavy (non-hydrogen) atoms. The van der Waals surface area contributed by atoms with Crippen LogP contribution in [0.3, 0.4) is 0 Å². The van der Waals surface area contributed by atoms with Crippen molar-refractivity contribution in [3.05, 3.63) is 75.8 Å². The van der Waals surface area contributed by atoms with Gasteiger partial charge in [-0.2, -0.15) is 0 Å². The number of hydrogen-bond acceptors (Lipinski definition) is 6. The summed E-state index contributed by atoms with van der Waals surface area (Å²) < 4.78 is 0. The van der Waals surface area contributed by atoms with Crippen molar-refractivity contribution in [1.82, 2.24) is 10.6 Å². The van der Waals surface area contributed by atoms with Gasteiger partial charge in [0.2, 0.25) is 11.8 Å². The second-order valence-electron chi connectivity index (χ2n) is 7.96. The molecule has 0 radical (unpaired) electrons. The van der Waals surface area contributed by atoms with Crippen LogP contribution in [-0.2, 0) is 22.4 Å². The van der Waals surface area contributed by atoms with Crippen molar-refractivity contribution in [2.75, 3.05) is 6.54 Å². The molecular weight excluding hydrogens is 396 g/mol. The van der Waals surface area contributed by atoms with E-state index < -0.39 is 28.8 Å². The van der Waals surface area contributed by atoms with Crippen LogP contribution < -0.4 is 16.4 Å². The van der Waals surface area contributed by atoms with Gasteiger partial charge in [0.1, 0.15) is 0 Å². The summed E-state index contributed by atoms with van der Waals surface area (Å²) >= 11 is 0. The van der Waals surface area contributed by atoms with Crippen molar-refractivity contribution >= 4 is 17.5 Å². The highest BCUT2D eigenvalue weighted by Crippen LogP contribution is 2.13. The Morgan fingerprint density at radius 1 is 1.00 bits per heavy atom. The minimum absolute atomic E-state index is 0.0324. The summed E-state index contributed by atoms with van der Waals surface area (Å²) in [5, 5.41) is 16.4. The first-order valence-corrected chi connectivity index (χ1v) is 10.4. The van der Waals surface area contributed by atoms with Gasteiger partial charge in [0.15, 0.2) is 0 Å². The molecule has 0 aliphatic carbocycles. The van der Waals surface area contributed by atoms with Crippen molar-refractivity contribution in [3.63, 3.8) is 0 Å². The van der Waals surface area contributed by atoms with Gasteiger partial charge in [-0.25, -0.2) is 0 Å². The van der Waals surface area contributed by atoms with Gasteiger partial charge in [0.25, 0.3) is 5.69 Å². The average molecular weight is 427 g/mol. The maximum atomic E-state index is 12.7. The van der Waals surface area contributed by atoms with Crippen LogP contribution in [0.4, 0.5) is 5.69 Å². The average Bonchev–Trinajstić information content (AvgIpc) is 2.73. The molecule has 0 heterocycles. The molecule has 8 heteroatoms. The summed E-state index contributed by atoms with van der Waals surface area (Å²) in [6.45, 7) is 4.64. The fraction of sp³-hybridized carbons (Fsp3) is 0.391. The zero-order valence-electron chi connectivity index (χ0n) is 17.9. The number of imide groups is 1. The number of nitrogens with two attached hydrogens (primary N) is 1. The number of carbonyl (C=O) groups excluding carboxylic acids is 2. The third-order valence-electron chi connectivity index (χ3n) is 4.86. The highest BCUT2D eigenvalue weighted by molar-refractivity contribution is 6.00. The van der Waals surface area contributed by atoms with E-state index in [4.69, 9.17) is 5.73 Å². The molecule has 0 saturated carbocycles. The van der Waals surface area contributed by atoms with Crippen molar-refractivity contribution in [1.29, 1.82) is 0 Å². The van der Waals surface area contributed by atoms with E-state index in [-0.39, 0.29) is 18.0 Å². The zero-order chi connectivity index (χ0) is 22.8. The minimum atomic E-state index is -0.936. The number of hydrogen-bond donors (Lipinski definition) is 3. The van der Waals surface area contributed by atoms with Crippen LogP contribution in [0.15, 0.2) is 54.6 Å². The number of nitrogens with zero attached hydrogens (tertiary/aromatic N) is 1. The standard InChI is InChI=1S/C23H30N4O4/c1-16(2)14-21(25-13-12-17-6-4-3-5-7-17)23(29)26-22(28)20(24)15-18-8-10-19(11-9-18)27(30)31/h3-11,16,20-21,25H,12-15,24H2,1-2H3,(H,26,28,29)/t20-,21-/m0/s1. The molecule has 2 amide bonds. The maximum Gasteiger partial charge on any atom is 0.269 e. The number of nitro groups is 1. The summed E-state index contributed by atoms with van der Waals surface area (Å²) in [5.74, 6) is -0.697. The summed E-state index contributed by atoms with van der Waals surface area (Å²) in [4.78, 5) is 35.4. The van der Waals surface area contributed by atoms with Gasteiger partial charge < -0.3 is 11.1 Å². The lowest BCUT2D eigenvalue weighted by Crippen LogP contribution is -2.52. The number of amides is 2. The van der Waals surface area contributed by atoms with Gasteiger partial charge in [-0.05, 0) is 42.9 Å². The molecule has 2 aromatic rings. The Morgan fingerprint density at radius 2 is 1.65 bits per heavy atom. The monoisotopic (exact) mass is 426 g/mol. The molecule has 0 fully saturated rings. The molecule has 2 atom stereocenters. The van der Waals surface area contributed by atoms with Crippen molar-refractivity contribution in [2.24, 2.45) is 11.7 Å². The van der Waals surface area contributed by atoms with Gasteiger partial charge in [-0.1, -0.05) is 56.3 Å². The van der Waals surface area contributed by atoms with Crippen LogP contribution in [0, 0.1) is 16.0 Å². The molecule has 8 nitrogen and oxygen atoms in total. The quantitative estimate of drug-likeness (QED) is 0.374. The van der Waals surface area contributed by atoms with E-state index in [1.807, 2.05) is 44.2 Å². The number of nitrogens with one attached hydrogen (secondary N) is 2. The fourth-order valence-corrected chi connectivity index (χ4v) is 3.19. The van der Waals surface area contributed by atoms with E-state index >= 15 is 0 Å². The minimum Gasteiger partial charge on any atom is -0.320 e. The summed E-state index contributed by atoms with van der Waals surface area (Å²) in [6, 6.07) is 14.4. The van der Waals surface area contributed by atoms with Crippen molar-refractivity contribution in [3.8, 4) is 0 Å². The van der Waals surface area contributed by atoms with Gasteiger partial charge in [-0.15, -0.1) is 0 Å². The number of carbonyl (C=O) groups is 2. The smallest absolute Gasteiger partial charge is 0.269 e. The third kappa shape index (κ3) is 8.27. The fourth-order valence-electron chi connectivity index (χ4n) is 3.19. The molecule has 166 valence electrons. The largest absolute Gasteiger partial charge is 0.320 e. The zero-order valence-corrected chi connectivity index (χ0v) is 17.9. The van der Waals surface area contributed by atoms with E-state index in [0.717, 1.165) is 6.42 Å². The second-order valence-corrected chi connectivity index (χ2v) is 7.96. The lowest BCUT2D eigenvalue weighted by Gasteiger charge is -2.21. The van der Waals surface area contributed by atoms with Crippen LogP contribution in [0.2, 0.25) is 0 Å². The van der Waals surface area contributed by atoms with E-state index in [1.54, 1.807) is 12.1 Å². The molecular formula is C23H30N4O4. The van der Waals surface area contributed by atoms with Gasteiger partial charge in [0.05, 0.1) is 17.0 Å². The Hall–Kier alpha value is -3.10.